The molecular weight excluding hydrogens is 272 g/mol. The molecule has 0 amide bonds. The number of nitro benzene ring substituents is 1. The van der Waals surface area contributed by atoms with Gasteiger partial charge in [-0.25, -0.2) is 4.98 Å². The Morgan fingerprint density at radius 1 is 1.15 bits per heavy atom. The Morgan fingerprint density at radius 2 is 2.05 bits per heavy atom. The summed E-state index contributed by atoms with van der Waals surface area (Å²) in [7, 11) is 0. The number of thiophene rings is 1. The molecule has 2 aromatic heterocycles. The zero-order valence-corrected chi connectivity index (χ0v) is 11.2. The number of hydrogen-bond donors (Lipinski definition) is 0. The number of pyridine rings is 1. The predicted molar refractivity (Wildman–Crippen MR) is 81.6 cm³/mol. The van der Waals surface area contributed by atoms with Gasteiger partial charge < -0.3 is 0 Å². The van der Waals surface area contributed by atoms with Gasteiger partial charge in [0.2, 0.25) is 0 Å². The molecule has 4 nitrogen and oxygen atoms in total. The van der Waals surface area contributed by atoms with Crippen molar-refractivity contribution in [3.63, 3.8) is 0 Å². The third-order valence-electron chi connectivity index (χ3n) is 2.92. The van der Waals surface area contributed by atoms with Crippen molar-refractivity contribution in [3.05, 3.63) is 68.5 Å². The maximum absolute atomic E-state index is 10.9. The zero-order valence-electron chi connectivity index (χ0n) is 10.4. The van der Waals surface area contributed by atoms with E-state index in [9.17, 15) is 10.1 Å². The molecule has 3 aromatic rings. The van der Waals surface area contributed by atoms with Gasteiger partial charge in [0, 0.05) is 6.07 Å². The largest absolute Gasteiger partial charge is 0.278 e. The van der Waals surface area contributed by atoms with Crippen LogP contribution in [0.3, 0.4) is 0 Å². The highest BCUT2D eigenvalue weighted by Gasteiger charge is 2.11. The Morgan fingerprint density at radius 3 is 2.80 bits per heavy atom. The molecule has 1 aromatic carbocycles. The summed E-state index contributed by atoms with van der Waals surface area (Å²) in [6, 6.07) is 10.5. The summed E-state index contributed by atoms with van der Waals surface area (Å²) in [6.45, 7) is 0. The van der Waals surface area contributed by atoms with Gasteiger partial charge in [-0.05, 0) is 46.7 Å². The normalized spacial score (nSPS) is 11.2. The molecule has 0 aliphatic carbocycles. The highest BCUT2D eigenvalue weighted by molar-refractivity contribution is 7.08. The van der Waals surface area contributed by atoms with Crippen LogP contribution < -0.4 is 0 Å². The van der Waals surface area contributed by atoms with Crippen LogP contribution in [-0.4, -0.2) is 9.91 Å². The van der Waals surface area contributed by atoms with Gasteiger partial charge in [0.05, 0.1) is 21.5 Å². The van der Waals surface area contributed by atoms with Crippen LogP contribution in [0.15, 0.2) is 47.2 Å². The molecule has 0 spiro atoms. The summed E-state index contributed by atoms with van der Waals surface area (Å²) >= 11 is 1.64. The van der Waals surface area contributed by atoms with Crippen molar-refractivity contribution in [1.29, 1.82) is 0 Å². The van der Waals surface area contributed by atoms with Gasteiger partial charge in [0.25, 0.3) is 5.69 Å². The van der Waals surface area contributed by atoms with Crippen LogP contribution in [0.1, 0.15) is 11.3 Å². The van der Waals surface area contributed by atoms with Gasteiger partial charge in [-0.2, -0.15) is 11.3 Å². The molecule has 0 bridgehead atoms. The highest BCUT2D eigenvalue weighted by atomic mass is 32.1. The Bertz CT molecular complexity index is 795. The Hall–Kier alpha value is -2.53. The van der Waals surface area contributed by atoms with E-state index in [1.54, 1.807) is 35.6 Å². The van der Waals surface area contributed by atoms with E-state index < -0.39 is 0 Å². The maximum atomic E-state index is 10.9. The van der Waals surface area contributed by atoms with E-state index in [1.165, 1.54) is 6.07 Å². The summed E-state index contributed by atoms with van der Waals surface area (Å²) in [5.74, 6) is 0. The van der Waals surface area contributed by atoms with Crippen LogP contribution in [0, 0.1) is 10.1 Å². The minimum absolute atomic E-state index is 0.0864. The van der Waals surface area contributed by atoms with Crippen LogP contribution in [0.4, 0.5) is 5.69 Å². The standard InChI is InChI=1S/C15H10N2O2S/c18-17(19)15-3-1-2-14-13(15)7-6-12(16-14)5-4-11-8-9-20-10-11/h1-10H/b5-4+. The van der Waals surface area contributed by atoms with Gasteiger partial charge in [0.1, 0.15) is 0 Å². The number of benzene rings is 1. The lowest BCUT2D eigenvalue weighted by Gasteiger charge is -2.00. The van der Waals surface area contributed by atoms with Crippen molar-refractivity contribution >= 4 is 40.1 Å². The Labute approximate surface area is 119 Å². The molecule has 20 heavy (non-hydrogen) atoms. The first-order chi connectivity index (χ1) is 9.74. The summed E-state index contributed by atoms with van der Waals surface area (Å²) in [4.78, 5) is 15.0. The van der Waals surface area contributed by atoms with Crippen LogP contribution >= 0.6 is 11.3 Å². The van der Waals surface area contributed by atoms with Crippen molar-refractivity contribution in [2.45, 2.75) is 0 Å². The average molecular weight is 282 g/mol. The van der Waals surface area contributed by atoms with E-state index in [4.69, 9.17) is 0 Å². The van der Waals surface area contributed by atoms with Crippen LogP contribution in [0.5, 0.6) is 0 Å². The van der Waals surface area contributed by atoms with Crippen LogP contribution in [-0.2, 0) is 0 Å². The van der Waals surface area contributed by atoms with Gasteiger partial charge >= 0.3 is 0 Å². The van der Waals surface area contributed by atoms with E-state index in [0.29, 0.717) is 10.9 Å². The fraction of sp³-hybridized carbons (Fsp3) is 0. The smallest absolute Gasteiger partial charge is 0.258 e. The summed E-state index contributed by atoms with van der Waals surface area (Å²) in [5, 5.41) is 15.6. The predicted octanol–water partition coefficient (Wildman–Crippen LogP) is 4.37. The number of hydrogen-bond acceptors (Lipinski definition) is 4. The van der Waals surface area contributed by atoms with Crippen molar-refractivity contribution in [1.82, 2.24) is 4.98 Å². The molecular formula is C15H10N2O2S. The van der Waals surface area contributed by atoms with Crippen LogP contribution in [0.2, 0.25) is 0 Å². The zero-order chi connectivity index (χ0) is 13.9. The minimum atomic E-state index is -0.384. The monoisotopic (exact) mass is 282 g/mol. The number of rotatable bonds is 3. The molecule has 0 N–H and O–H groups in total. The molecule has 5 heteroatoms. The number of fused-ring (bicyclic) bond motifs is 1. The first kappa shape index (κ1) is 12.5. The van der Waals surface area contributed by atoms with Crippen molar-refractivity contribution < 1.29 is 4.92 Å². The van der Waals surface area contributed by atoms with E-state index >= 15 is 0 Å². The molecule has 2 heterocycles. The number of aromatic nitrogens is 1. The van der Waals surface area contributed by atoms with Gasteiger partial charge in [0.15, 0.2) is 0 Å². The number of non-ortho nitro benzene ring substituents is 1. The Balaban J connectivity index is 2.01. The molecule has 0 saturated carbocycles. The molecule has 0 unspecified atom stereocenters. The summed E-state index contributed by atoms with van der Waals surface area (Å²) < 4.78 is 0. The molecule has 0 saturated heterocycles. The third kappa shape index (κ3) is 2.44. The van der Waals surface area contributed by atoms with Crippen molar-refractivity contribution in [2.75, 3.05) is 0 Å². The van der Waals surface area contributed by atoms with Crippen molar-refractivity contribution in [2.24, 2.45) is 0 Å². The average Bonchev–Trinajstić information content (AvgIpc) is 2.97. The highest BCUT2D eigenvalue weighted by Crippen LogP contribution is 2.24. The lowest BCUT2D eigenvalue weighted by atomic mass is 10.1. The number of nitrogens with zero attached hydrogens (tertiary/aromatic N) is 2. The molecule has 0 atom stereocenters. The Kier molecular flexibility index (Phi) is 3.26. The number of nitro groups is 1. The summed E-state index contributed by atoms with van der Waals surface area (Å²) in [6.07, 6.45) is 3.88. The second-order valence-electron chi connectivity index (χ2n) is 4.23. The van der Waals surface area contributed by atoms with E-state index in [2.05, 4.69) is 4.98 Å². The van der Waals surface area contributed by atoms with Gasteiger partial charge in [-0.15, -0.1) is 0 Å². The first-order valence-corrected chi connectivity index (χ1v) is 6.93. The van der Waals surface area contributed by atoms with E-state index in [1.807, 2.05) is 29.0 Å². The van der Waals surface area contributed by atoms with Gasteiger partial charge in [-0.1, -0.05) is 12.1 Å². The SMILES string of the molecule is O=[N+]([O-])c1cccc2nc(/C=C/c3ccsc3)ccc12. The minimum Gasteiger partial charge on any atom is -0.258 e. The third-order valence-corrected chi connectivity index (χ3v) is 3.62. The lowest BCUT2D eigenvalue weighted by Crippen LogP contribution is -1.91. The molecule has 0 aliphatic heterocycles. The fourth-order valence-electron chi connectivity index (χ4n) is 1.96. The van der Waals surface area contributed by atoms with Crippen LogP contribution in [0.25, 0.3) is 23.1 Å². The topological polar surface area (TPSA) is 56.0 Å². The second kappa shape index (κ2) is 5.22. The second-order valence-corrected chi connectivity index (χ2v) is 5.01. The fourth-order valence-corrected chi connectivity index (χ4v) is 2.59. The molecule has 0 aliphatic rings. The van der Waals surface area contributed by atoms with E-state index in [-0.39, 0.29) is 10.6 Å². The lowest BCUT2D eigenvalue weighted by molar-refractivity contribution is -0.383. The molecule has 0 fully saturated rings. The molecule has 3 rings (SSSR count). The quantitative estimate of drug-likeness (QED) is 0.529. The maximum Gasteiger partial charge on any atom is 0.278 e. The van der Waals surface area contributed by atoms with E-state index in [0.717, 1.165) is 11.3 Å². The van der Waals surface area contributed by atoms with Gasteiger partial charge in [-0.3, -0.25) is 10.1 Å². The summed E-state index contributed by atoms with van der Waals surface area (Å²) in [5.41, 5.74) is 2.62. The van der Waals surface area contributed by atoms with Crippen molar-refractivity contribution in [3.8, 4) is 0 Å². The first-order valence-electron chi connectivity index (χ1n) is 5.98. The molecule has 98 valence electrons. The molecule has 0 radical (unpaired) electrons.